The van der Waals surface area contributed by atoms with Gasteiger partial charge in [-0.3, -0.25) is 4.90 Å². The highest BCUT2D eigenvalue weighted by Crippen LogP contribution is 2.45. The molecule has 0 N–H and O–H groups in total. The van der Waals surface area contributed by atoms with E-state index in [0.29, 0.717) is 40.3 Å². The molecule has 2 fully saturated rings. The third-order valence-electron chi connectivity index (χ3n) is 7.81. The van der Waals surface area contributed by atoms with Crippen molar-refractivity contribution in [2.75, 3.05) is 31.9 Å². The zero-order valence-electron chi connectivity index (χ0n) is 24.9. The molecular formula is C31H36FN5O5. The Morgan fingerprint density at radius 3 is 2.62 bits per heavy atom. The number of pyridine rings is 2. The first-order valence-corrected chi connectivity index (χ1v) is 14.2. The maximum Gasteiger partial charge on any atom is 0.411 e. The number of halogens is 1. The molecule has 10 nitrogen and oxygen atoms in total. The number of oxazole rings is 1. The van der Waals surface area contributed by atoms with E-state index in [1.165, 1.54) is 7.11 Å². The summed E-state index contributed by atoms with van der Waals surface area (Å²) < 4.78 is 37.4. The van der Waals surface area contributed by atoms with E-state index in [-0.39, 0.29) is 35.7 Å². The third-order valence-corrected chi connectivity index (χ3v) is 7.81. The lowest BCUT2D eigenvalue weighted by molar-refractivity contribution is 0.00539. The zero-order chi connectivity index (χ0) is 29.8. The number of carbonyl (C=O) groups is 1. The van der Waals surface area contributed by atoms with Crippen LogP contribution in [0.4, 0.5) is 15.0 Å². The van der Waals surface area contributed by atoms with Crippen LogP contribution in [0.25, 0.3) is 33.4 Å². The molecule has 1 saturated carbocycles. The maximum absolute atomic E-state index is 15.4. The molecule has 42 heavy (non-hydrogen) atoms. The number of methoxy groups -OCH3 is 1. The summed E-state index contributed by atoms with van der Waals surface area (Å²) in [6.45, 7) is 10.8. The summed E-state index contributed by atoms with van der Waals surface area (Å²) in [5.41, 5.74) is 1.99. The average Bonchev–Trinajstić information content (AvgIpc) is 3.29. The summed E-state index contributed by atoms with van der Waals surface area (Å²) in [7, 11) is 1.47. The van der Waals surface area contributed by atoms with Crippen molar-refractivity contribution in [1.82, 2.24) is 19.9 Å². The van der Waals surface area contributed by atoms with Gasteiger partial charge in [0, 0.05) is 38.2 Å². The molecule has 2 aliphatic rings. The van der Waals surface area contributed by atoms with Crippen molar-refractivity contribution in [1.29, 1.82) is 0 Å². The van der Waals surface area contributed by atoms with E-state index in [1.807, 2.05) is 43.9 Å². The predicted octanol–water partition coefficient (Wildman–Crippen LogP) is 6.24. The molecule has 0 spiro atoms. The number of fused-ring (bicyclic) bond motifs is 2. The number of anilines is 1. The van der Waals surface area contributed by atoms with Gasteiger partial charge >= 0.3 is 6.09 Å². The van der Waals surface area contributed by atoms with E-state index in [1.54, 1.807) is 19.1 Å². The Morgan fingerprint density at radius 1 is 1.17 bits per heavy atom. The van der Waals surface area contributed by atoms with Crippen molar-refractivity contribution in [3.8, 4) is 17.0 Å². The molecule has 1 aliphatic carbocycles. The molecule has 1 amide bonds. The number of aromatic nitrogens is 3. The lowest BCUT2D eigenvalue weighted by atomic mass is 10.1. The van der Waals surface area contributed by atoms with Gasteiger partial charge in [0.05, 0.1) is 22.8 Å². The molecule has 0 bridgehead atoms. The van der Waals surface area contributed by atoms with Crippen LogP contribution in [0.15, 0.2) is 34.7 Å². The molecule has 3 aromatic heterocycles. The highest BCUT2D eigenvalue weighted by molar-refractivity contribution is 5.87. The van der Waals surface area contributed by atoms with Crippen LogP contribution < -0.4 is 9.64 Å². The zero-order valence-corrected chi connectivity index (χ0v) is 24.9. The number of rotatable bonds is 7. The minimum Gasteiger partial charge on any atom is -0.464 e. The van der Waals surface area contributed by atoms with Gasteiger partial charge in [-0.1, -0.05) is 0 Å². The number of carbonyl (C=O) groups excluding carboxylic acids is 1. The summed E-state index contributed by atoms with van der Waals surface area (Å²) in [5, 5.41) is 0. The summed E-state index contributed by atoms with van der Waals surface area (Å²) in [5.74, 6) is 0.539. The van der Waals surface area contributed by atoms with Gasteiger partial charge in [0.2, 0.25) is 0 Å². The molecule has 4 heterocycles. The Hall–Kier alpha value is -3.99. The minimum atomic E-state index is -0.629. The Bertz CT molecular complexity index is 1660. The van der Waals surface area contributed by atoms with E-state index in [2.05, 4.69) is 16.8 Å². The molecule has 4 aromatic rings. The van der Waals surface area contributed by atoms with E-state index in [0.717, 1.165) is 31.6 Å². The SMILES string of the molecule is COCOc1c(-c2ccc3nc(N4CCC(N(C(=O)OC(C)(C)C)C5(C)CC5)C4)ccc3n2)cc2oc(C)nc2c1F. The van der Waals surface area contributed by atoms with Crippen LogP contribution in [-0.4, -0.2) is 70.1 Å². The van der Waals surface area contributed by atoms with Crippen molar-refractivity contribution in [3.05, 3.63) is 42.0 Å². The first kappa shape index (κ1) is 28.1. The standard InChI is InChI=1S/C31H36FN5O5/c1-18-33-27-24(41-18)15-20(28(26(27)32)40-17-39-6)21-7-8-23-22(34-21)9-10-25(35-23)36-14-11-19(16-36)37(31(5)12-13-31)29(38)42-30(2,3)4/h7-10,15,19H,11-14,16-17H2,1-6H3. The van der Waals surface area contributed by atoms with Gasteiger partial charge in [0.15, 0.2) is 29.8 Å². The molecule has 1 unspecified atom stereocenters. The molecule has 0 radical (unpaired) electrons. The van der Waals surface area contributed by atoms with Gasteiger partial charge in [0.1, 0.15) is 16.9 Å². The molecule has 1 aromatic carbocycles. The van der Waals surface area contributed by atoms with Crippen LogP contribution in [0.3, 0.4) is 0 Å². The molecule has 222 valence electrons. The fourth-order valence-corrected chi connectivity index (χ4v) is 5.60. The van der Waals surface area contributed by atoms with E-state index < -0.39 is 11.4 Å². The van der Waals surface area contributed by atoms with Crippen LogP contribution in [-0.2, 0) is 9.47 Å². The summed E-state index contributed by atoms with van der Waals surface area (Å²) in [6.07, 6.45) is 2.55. The van der Waals surface area contributed by atoms with Crippen LogP contribution in [0.1, 0.15) is 52.8 Å². The quantitative estimate of drug-likeness (QED) is 0.236. The van der Waals surface area contributed by atoms with Gasteiger partial charge in [-0.25, -0.2) is 24.1 Å². The third kappa shape index (κ3) is 5.33. The number of hydrogen-bond acceptors (Lipinski definition) is 9. The second-order valence-corrected chi connectivity index (χ2v) is 12.3. The summed E-state index contributed by atoms with van der Waals surface area (Å²) >= 11 is 0. The van der Waals surface area contributed by atoms with Crippen molar-refractivity contribution in [2.45, 2.75) is 71.1 Å². The first-order valence-electron chi connectivity index (χ1n) is 14.2. The number of amides is 1. The topological polar surface area (TPSA) is 103 Å². The van der Waals surface area contributed by atoms with Crippen molar-refractivity contribution in [3.63, 3.8) is 0 Å². The number of aryl methyl sites for hydroxylation is 1. The fourth-order valence-electron chi connectivity index (χ4n) is 5.60. The van der Waals surface area contributed by atoms with Gasteiger partial charge in [-0.15, -0.1) is 0 Å². The van der Waals surface area contributed by atoms with Gasteiger partial charge < -0.3 is 23.5 Å². The highest BCUT2D eigenvalue weighted by Gasteiger charge is 2.51. The second-order valence-electron chi connectivity index (χ2n) is 12.3. The summed E-state index contributed by atoms with van der Waals surface area (Å²) in [6, 6.07) is 9.21. The monoisotopic (exact) mass is 577 g/mol. The molecule has 1 atom stereocenters. The molecule has 1 saturated heterocycles. The van der Waals surface area contributed by atoms with Crippen LogP contribution in [0, 0.1) is 12.7 Å². The van der Waals surface area contributed by atoms with E-state index >= 15 is 4.39 Å². The summed E-state index contributed by atoms with van der Waals surface area (Å²) in [4.78, 5) is 31.2. The van der Waals surface area contributed by atoms with Crippen molar-refractivity contribution >= 4 is 34.0 Å². The van der Waals surface area contributed by atoms with Crippen LogP contribution in [0.5, 0.6) is 5.75 Å². The molecule has 6 rings (SSSR count). The normalized spacial score (nSPS) is 18.1. The van der Waals surface area contributed by atoms with Gasteiger partial charge in [-0.2, -0.15) is 0 Å². The largest absolute Gasteiger partial charge is 0.464 e. The maximum atomic E-state index is 15.4. The lowest BCUT2D eigenvalue weighted by Crippen LogP contribution is -2.50. The average molecular weight is 578 g/mol. The Morgan fingerprint density at radius 2 is 1.90 bits per heavy atom. The molecular weight excluding hydrogens is 541 g/mol. The number of nitrogens with zero attached hydrogens (tertiary/aromatic N) is 5. The molecule has 1 aliphatic heterocycles. The van der Waals surface area contributed by atoms with Crippen molar-refractivity contribution < 1.29 is 27.8 Å². The molecule has 11 heteroatoms. The lowest BCUT2D eigenvalue weighted by Gasteiger charge is -2.36. The van der Waals surface area contributed by atoms with Crippen LogP contribution >= 0.6 is 0 Å². The van der Waals surface area contributed by atoms with Crippen LogP contribution in [0.2, 0.25) is 0 Å². The number of ether oxygens (including phenoxy) is 3. The van der Waals surface area contributed by atoms with E-state index in [9.17, 15) is 4.79 Å². The smallest absolute Gasteiger partial charge is 0.411 e. The Balaban J connectivity index is 1.27. The van der Waals surface area contributed by atoms with E-state index in [4.69, 9.17) is 28.6 Å². The number of benzene rings is 1. The second kappa shape index (κ2) is 10.4. The Labute approximate surface area is 243 Å². The number of hydrogen-bond donors (Lipinski definition) is 0. The Kier molecular flexibility index (Phi) is 6.95. The van der Waals surface area contributed by atoms with Gasteiger partial charge in [-0.05, 0) is 77.3 Å². The van der Waals surface area contributed by atoms with Gasteiger partial charge in [0.25, 0.3) is 0 Å². The predicted molar refractivity (Wildman–Crippen MR) is 156 cm³/mol. The fraction of sp³-hybridized carbons (Fsp3) is 0.484. The first-order chi connectivity index (χ1) is 20.0. The van der Waals surface area contributed by atoms with Crippen molar-refractivity contribution in [2.24, 2.45) is 0 Å². The highest BCUT2D eigenvalue weighted by atomic mass is 19.1. The minimum absolute atomic E-state index is 0.00362.